The van der Waals surface area contributed by atoms with E-state index in [1.807, 2.05) is 60.0 Å². The first-order valence-electron chi connectivity index (χ1n) is 9.19. The Labute approximate surface area is 172 Å². The summed E-state index contributed by atoms with van der Waals surface area (Å²) in [6, 6.07) is 17.2. The Kier molecular flexibility index (Phi) is 5.50. The molecule has 0 bridgehead atoms. The minimum atomic E-state index is -0.134. The van der Waals surface area contributed by atoms with Crippen LogP contribution in [-0.4, -0.2) is 24.1 Å². The Morgan fingerprint density at radius 2 is 2.00 bits per heavy atom. The summed E-state index contributed by atoms with van der Waals surface area (Å²) in [6.45, 7) is 2.73. The van der Waals surface area contributed by atoms with Crippen LogP contribution in [0.2, 0.25) is 0 Å². The van der Waals surface area contributed by atoms with Crippen molar-refractivity contribution in [3.05, 3.63) is 76.0 Å². The fourth-order valence-corrected chi connectivity index (χ4v) is 4.81. The number of nitrogens with one attached hydrogen (secondary N) is 1. The largest absolute Gasteiger partial charge is 0.322 e. The lowest BCUT2D eigenvalue weighted by Crippen LogP contribution is -2.28. The molecular weight excluding hydrogens is 388 g/mol. The predicted octanol–water partition coefficient (Wildman–Crippen LogP) is 5.32. The molecular formula is C22H20N2O2S2. The quantitative estimate of drug-likeness (QED) is 0.582. The van der Waals surface area contributed by atoms with Gasteiger partial charge in [0.15, 0.2) is 0 Å². The van der Waals surface area contributed by atoms with Crippen molar-refractivity contribution in [1.82, 2.24) is 0 Å². The molecule has 0 radical (unpaired) electrons. The highest BCUT2D eigenvalue weighted by Crippen LogP contribution is 2.33. The van der Waals surface area contributed by atoms with E-state index in [0.29, 0.717) is 17.8 Å². The molecule has 142 valence electrons. The zero-order valence-electron chi connectivity index (χ0n) is 15.5. The SMILES string of the molecule is CCSc1ccccc1C(=O)Nc1ccc2c(c1)N(C(=O)c1cccs1)CC2. The first-order valence-corrected chi connectivity index (χ1v) is 11.1. The summed E-state index contributed by atoms with van der Waals surface area (Å²) in [5.41, 5.74) is 3.38. The first kappa shape index (κ1) is 18.8. The van der Waals surface area contributed by atoms with Crippen LogP contribution in [-0.2, 0) is 6.42 Å². The average Bonchev–Trinajstić information content (AvgIpc) is 3.38. The van der Waals surface area contributed by atoms with Gasteiger partial charge in [-0.05, 0) is 53.4 Å². The highest BCUT2D eigenvalue weighted by molar-refractivity contribution is 7.99. The monoisotopic (exact) mass is 408 g/mol. The Hall–Kier alpha value is -2.57. The second kappa shape index (κ2) is 8.20. The lowest BCUT2D eigenvalue weighted by Gasteiger charge is -2.17. The fourth-order valence-electron chi connectivity index (χ4n) is 3.34. The van der Waals surface area contributed by atoms with Crippen molar-refractivity contribution in [3.8, 4) is 0 Å². The number of amides is 2. The predicted molar refractivity (Wildman–Crippen MR) is 117 cm³/mol. The van der Waals surface area contributed by atoms with Crippen molar-refractivity contribution in [1.29, 1.82) is 0 Å². The van der Waals surface area contributed by atoms with E-state index in [0.717, 1.165) is 33.2 Å². The van der Waals surface area contributed by atoms with E-state index in [2.05, 4.69) is 12.2 Å². The summed E-state index contributed by atoms with van der Waals surface area (Å²) in [5.74, 6) is 0.788. The summed E-state index contributed by atoms with van der Waals surface area (Å²) < 4.78 is 0. The number of benzene rings is 2. The van der Waals surface area contributed by atoms with Crippen LogP contribution in [0.25, 0.3) is 0 Å². The van der Waals surface area contributed by atoms with Gasteiger partial charge in [-0.25, -0.2) is 0 Å². The molecule has 1 aliphatic heterocycles. The fraction of sp³-hybridized carbons (Fsp3) is 0.182. The van der Waals surface area contributed by atoms with E-state index < -0.39 is 0 Å². The minimum absolute atomic E-state index is 0.0157. The molecule has 28 heavy (non-hydrogen) atoms. The normalized spacial score (nSPS) is 12.7. The van der Waals surface area contributed by atoms with Crippen LogP contribution in [0, 0.1) is 0 Å². The van der Waals surface area contributed by atoms with Crippen molar-refractivity contribution >= 4 is 46.3 Å². The van der Waals surface area contributed by atoms with E-state index in [1.54, 1.807) is 16.7 Å². The van der Waals surface area contributed by atoms with Gasteiger partial charge in [0, 0.05) is 22.8 Å². The third-order valence-corrected chi connectivity index (χ3v) is 6.46. The molecule has 0 unspecified atom stereocenters. The molecule has 0 atom stereocenters. The second-order valence-corrected chi connectivity index (χ2v) is 8.66. The standard InChI is InChI=1S/C22H20N2O2S2/c1-2-27-19-7-4-3-6-17(19)21(25)23-16-10-9-15-11-12-24(18(15)14-16)22(26)20-8-5-13-28-20/h3-10,13-14H,2,11-12H2,1H3,(H,23,25). The van der Waals surface area contributed by atoms with Crippen molar-refractivity contribution < 1.29 is 9.59 Å². The van der Waals surface area contributed by atoms with E-state index in [-0.39, 0.29) is 11.8 Å². The van der Waals surface area contributed by atoms with Gasteiger partial charge < -0.3 is 10.2 Å². The van der Waals surface area contributed by atoms with E-state index >= 15 is 0 Å². The van der Waals surface area contributed by atoms with Crippen LogP contribution >= 0.6 is 23.1 Å². The van der Waals surface area contributed by atoms with E-state index in [9.17, 15) is 9.59 Å². The average molecular weight is 409 g/mol. The Morgan fingerprint density at radius 1 is 1.14 bits per heavy atom. The summed E-state index contributed by atoms with van der Waals surface area (Å²) in [7, 11) is 0. The van der Waals surface area contributed by atoms with Gasteiger partial charge in [-0.1, -0.05) is 31.2 Å². The van der Waals surface area contributed by atoms with Crippen LogP contribution in [0.15, 0.2) is 64.9 Å². The molecule has 0 aliphatic carbocycles. The number of hydrogen-bond donors (Lipinski definition) is 1. The van der Waals surface area contributed by atoms with Crippen molar-refractivity contribution in [2.45, 2.75) is 18.2 Å². The minimum Gasteiger partial charge on any atom is -0.322 e. The summed E-state index contributed by atoms with van der Waals surface area (Å²) >= 11 is 3.10. The lowest BCUT2D eigenvalue weighted by molar-refractivity contribution is 0.0991. The van der Waals surface area contributed by atoms with Crippen molar-refractivity contribution in [3.63, 3.8) is 0 Å². The third-order valence-electron chi connectivity index (χ3n) is 4.65. The van der Waals surface area contributed by atoms with E-state index in [4.69, 9.17) is 0 Å². The van der Waals surface area contributed by atoms with Crippen LogP contribution in [0.1, 0.15) is 32.5 Å². The second-order valence-electron chi connectivity index (χ2n) is 6.41. The number of thiophene rings is 1. The number of hydrogen-bond acceptors (Lipinski definition) is 4. The number of carbonyl (C=O) groups is 2. The zero-order chi connectivity index (χ0) is 19.5. The molecule has 0 saturated heterocycles. The maximum Gasteiger partial charge on any atom is 0.268 e. The molecule has 1 aliphatic rings. The molecule has 6 heteroatoms. The number of carbonyl (C=O) groups excluding carboxylic acids is 2. The van der Waals surface area contributed by atoms with Gasteiger partial charge in [-0.15, -0.1) is 23.1 Å². The Morgan fingerprint density at radius 3 is 2.79 bits per heavy atom. The molecule has 1 N–H and O–H groups in total. The molecule has 0 saturated carbocycles. The number of nitrogens with zero attached hydrogens (tertiary/aromatic N) is 1. The van der Waals surface area contributed by atoms with Gasteiger partial charge in [-0.3, -0.25) is 9.59 Å². The third kappa shape index (κ3) is 3.70. The molecule has 2 heterocycles. The molecule has 2 aromatic carbocycles. The molecule has 4 rings (SSSR count). The van der Waals surface area contributed by atoms with Gasteiger partial charge in [-0.2, -0.15) is 0 Å². The highest BCUT2D eigenvalue weighted by Gasteiger charge is 2.26. The number of thioether (sulfide) groups is 1. The number of anilines is 2. The molecule has 0 fully saturated rings. The summed E-state index contributed by atoms with van der Waals surface area (Å²) in [4.78, 5) is 29.1. The maximum absolute atomic E-state index is 12.8. The number of rotatable bonds is 5. The summed E-state index contributed by atoms with van der Waals surface area (Å²) in [6.07, 6.45) is 0.830. The van der Waals surface area contributed by atoms with Crippen LogP contribution in [0.5, 0.6) is 0 Å². The number of fused-ring (bicyclic) bond motifs is 1. The van der Waals surface area contributed by atoms with Gasteiger partial charge in [0.2, 0.25) is 0 Å². The first-order chi connectivity index (χ1) is 13.7. The zero-order valence-corrected chi connectivity index (χ0v) is 17.1. The molecule has 4 nitrogen and oxygen atoms in total. The molecule has 3 aromatic rings. The van der Waals surface area contributed by atoms with Crippen LogP contribution in [0.3, 0.4) is 0 Å². The van der Waals surface area contributed by atoms with Crippen LogP contribution in [0.4, 0.5) is 11.4 Å². The van der Waals surface area contributed by atoms with Crippen molar-refractivity contribution in [2.24, 2.45) is 0 Å². The highest BCUT2D eigenvalue weighted by atomic mass is 32.2. The smallest absolute Gasteiger partial charge is 0.268 e. The topological polar surface area (TPSA) is 49.4 Å². The van der Waals surface area contributed by atoms with Crippen LogP contribution < -0.4 is 10.2 Å². The van der Waals surface area contributed by atoms with Gasteiger partial charge in [0.25, 0.3) is 11.8 Å². The Bertz CT molecular complexity index is 1020. The molecule has 0 spiro atoms. The van der Waals surface area contributed by atoms with Crippen molar-refractivity contribution in [2.75, 3.05) is 22.5 Å². The van der Waals surface area contributed by atoms with Gasteiger partial charge in [0.1, 0.15) is 0 Å². The van der Waals surface area contributed by atoms with E-state index in [1.165, 1.54) is 11.3 Å². The molecule has 2 amide bonds. The summed E-state index contributed by atoms with van der Waals surface area (Å²) in [5, 5.41) is 4.90. The van der Waals surface area contributed by atoms with Gasteiger partial charge in [0.05, 0.1) is 10.4 Å². The molecule has 1 aromatic heterocycles. The van der Waals surface area contributed by atoms with Gasteiger partial charge >= 0.3 is 0 Å². The maximum atomic E-state index is 12.8. The lowest BCUT2D eigenvalue weighted by atomic mass is 10.1. The Balaban J connectivity index is 1.57.